The first-order chi connectivity index (χ1) is 11.3. The van der Waals surface area contributed by atoms with Crippen LogP contribution in [0.5, 0.6) is 0 Å². The van der Waals surface area contributed by atoms with Gasteiger partial charge in [-0.25, -0.2) is 14.8 Å². The van der Waals surface area contributed by atoms with Crippen molar-refractivity contribution in [2.75, 3.05) is 37.6 Å². The number of nitrogens with zero attached hydrogens (tertiary/aromatic N) is 5. The molecule has 2 aliphatic rings. The highest BCUT2D eigenvalue weighted by atomic mass is 16.6. The van der Waals surface area contributed by atoms with Gasteiger partial charge in [-0.05, 0) is 26.8 Å². The molecule has 3 rings (SSSR count). The van der Waals surface area contributed by atoms with Gasteiger partial charge in [-0.15, -0.1) is 0 Å². The van der Waals surface area contributed by atoms with Crippen LogP contribution in [0.25, 0.3) is 0 Å². The monoisotopic (exact) mass is 333 g/mol. The standard InChI is InChI=1S/C16H23N5O3/c1-16(2,3)24-15(23)20-9-12(10-20)19-7-8-21(13(22)11-19)14-17-5-4-6-18-14/h4-6,12H,7-11H2,1-3H3. The molecule has 0 bridgehead atoms. The molecule has 0 aromatic carbocycles. The summed E-state index contributed by atoms with van der Waals surface area (Å²) in [6.07, 6.45) is 2.97. The van der Waals surface area contributed by atoms with E-state index in [2.05, 4.69) is 14.9 Å². The molecule has 0 N–H and O–H groups in total. The quantitative estimate of drug-likeness (QED) is 0.794. The maximum absolute atomic E-state index is 12.4. The fourth-order valence-corrected chi connectivity index (χ4v) is 2.81. The van der Waals surface area contributed by atoms with Crippen LogP contribution in [0.1, 0.15) is 20.8 Å². The molecule has 8 heteroatoms. The second-order valence-electron chi connectivity index (χ2n) is 7.10. The first-order valence-corrected chi connectivity index (χ1v) is 8.13. The van der Waals surface area contributed by atoms with Crippen molar-refractivity contribution in [3.05, 3.63) is 18.5 Å². The molecule has 130 valence electrons. The number of amides is 2. The van der Waals surface area contributed by atoms with Crippen LogP contribution < -0.4 is 4.90 Å². The van der Waals surface area contributed by atoms with Gasteiger partial charge >= 0.3 is 6.09 Å². The molecule has 3 heterocycles. The molecule has 0 aliphatic carbocycles. The normalized spacial score (nSPS) is 20.0. The highest BCUT2D eigenvalue weighted by Gasteiger charge is 2.40. The van der Waals surface area contributed by atoms with E-state index in [0.29, 0.717) is 32.1 Å². The van der Waals surface area contributed by atoms with Crippen LogP contribution in [-0.4, -0.2) is 76.1 Å². The molecule has 1 aromatic heterocycles. The number of hydrogen-bond acceptors (Lipinski definition) is 6. The number of carbonyl (C=O) groups excluding carboxylic acids is 2. The van der Waals surface area contributed by atoms with Crippen molar-refractivity contribution in [3.8, 4) is 0 Å². The summed E-state index contributed by atoms with van der Waals surface area (Å²) in [6.45, 7) is 8.39. The lowest BCUT2D eigenvalue weighted by molar-refractivity contribution is -0.123. The minimum absolute atomic E-state index is 0.0110. The van der Waals surface area contributed by atoms with Gasteiger partial charge in [-0.3, -0.25) is 14.6 Å². The van der Waals surface area contributed by atoms with E-state index in [1.807, 2.05) is 20.8 Å². The average molecular weight is 333 g/mol. The van der Waals surface area contributed by atoms with E-state index in [1.165, 1.54) is 0 Å². The van der Waals surface area contributed by atoms with E-state index in [1.54, 1.807) is 28.3 Å². The van der Waals surface area contributed by atoms with Crippen molar-refractivity contribution in [1.82, 2.24) is 19.8 Å². The minimum atomic E-state index is -0.487. The van der Waals surface area contributed by atoms with E-state index in [0.717, 1.165) is 6.54 Å². The number of hydrogen-bond donors (Lipinski definition) is 0. The molecule has 8 nitrogen and oxygen atoms in total. The molecule has 0 atom stereocenters. The number of rotatable bonds is 2. The van der Waals surface area contributed by atoms with Crippen LogP contribution in [0, 0.1) is 0 Å². The lowest BCUT2D eigenvalue weighted by atomic mass is 10.1. The second-order valence-corrected chi connectivity index (χ2v) is 7.10. The molecular formula is C16H23N5O3. The smallest absolute Gasteiger partial charge is 0.410 e. The molecule has 2 aliphatic heterocycles. The molecular weight excluding hydrogens is 310 g/mol. The van der Waals surface area contributed by atoms with E-state index in [4.69, 9.17) is 4.74 Å². The maximum atomic E-state index is 12.4. The summed E-state index contributed by atoms with van der Waals surface area (Å²) < 4.78 is 5.35. The van der Waals surface area contributed by atoms with Crippen molar-refractivity contribution >= 4 is 17.9 Å². The molecule has 2 amide bonds. The van der Waals surface area contributed by atoms with Crippen LogP contribution in [0.4, 0.5) is 10.7 Å². The highest BCUT2D eigenvalue weighted by molar-refractivity contribution is 5.93. The van der Waals surface area contributed by atoms with Gasteiger partial charge in [-0.1, -0.05) is 0 Å². The molecule has 2 fully saturated rings. The summed E-state index contributed by atoms with van der Waals surface area (Å²) in [6, 6.07) is 1.93. The summed E-state index contributed by atoms with van der Waals surface area (Å²) in [5.41, 5.74) is -0.487. The summed E-state index contributed by atoms with van der Waals surface area (Å²) in [4.78, 5) is 38.0. The lowest BCUT2D eigenvalue weighted by Crippen LogP contribution is -2.65. The van der Waals surface area contributed by atoms with Crippen molar-refractivity contribution in [3.63, 3.8) is 0 Å². The van der Waals surface area contributed by atoms with E-state index in [9.17, 15) is 9.59 Å². The van der Waals surface area contributed by atoms with Crippen molar-refractivity contribution in [2.24, 2.45) is 0 Å². The lowest BCUT2D eigenvalue weighted by Gasteiger charge is -2.47. The van der Waals surface area contributed by atoms with E-state index >= 15 is 0 Å². The molecule has 0 unspecified atom stereocenters. The summed E-state index contributed by atoms with van der Waals surface area (Å²) in [5.74, 6) is 0.439. The van der Waals surface area contributed by atoms with Crippen LogP contribution in [0.3, 0.4) is 0 Å². The van der Waals surface area contributed by atoms with E-state index < -0.39 is 5.60 Å². The Bertz CT molecular complexity index is 610. The molecule has 0 spiro atoms. The molecule has 24 heavy (non-hydrogen) atoms. The van der Waals surface area contributed by atoms with Crippen LogP contribution >= 0.6 is 0 Å². The van der Waals surface area contributed by atoms with Crippen molar-refractivity contribution in [2.45, 2.75) is 32.4 Å². The van der Waals surface area contributed by atoms with Gasteiger partial charge in [0.2, 0.25) is 11.9 Å². The summed E-state index contributed by atoms with van der Waals surface area (Å²) >= 11 is 0. The number of ether oxygens (including phenoxy) is 1. The third kappa shape index (κ3) is 3.64. The van der Waals surface area contributed by atoms with Crippen LogP contribution in [0.2, 0.25) is 0 Å². The second kappa shape index (κ2) is 6.35. The Labute approximate surface area is 141 Å². The highest BCUT2D eigenvalue weighted by Crippen LogP contribution is 2.21. The average Bonchev–Trinajstić information content (AvgIpc) is 2.45. The van der Waals surface area contributed by atoms with Gasteiger partial charge in [0.25, 0.3) is 0 Å². The van der Waals surface area contributed by atoms with Gasteiger partial charge in [0.15, 0.2) is 0 Å². The Hall–Kier alpha value is -2.22. The Morgan fingerprint density at radius 2 is 1.88 bits per heavy atom. The number of carbonyl (C=O) groups is 2. The van der Waals surface area contributed by atoms with Crippen molar-refractivity contribution < 1.29 is 14.3 Å². The van der Waals surface area contributed by atoms with Gasteiger partial charge in [-0.2, -0.15) is 0 Å². The Kier molecular flexibility index (Phi) is 4.40. The summed E-state index contributed by atoms with van der Waals surface area (Å²) in [7, 11) is 0. The van der Waals surface area contributed by atoms with E-state index in [-0.39, 0.29) is 18.0 Å². The van der Waals surface area contributed by atoms with Gasteiger partial charge in [0, 0.05) is 44.6 Å². The first kappa shape index (κ1) is 16.6. The zero-order valence-corrected chi connectivity index (χ0v) is 14.3. The number of likely N-dealkylation sites (tertiary alicyclic amines) is 1. The Morgan fingerprint density at radius 1 is 1.21 bits per heavy atom. The molecule has 0 saturated carbocycles. The van der Waals surface area contributed by atoms with Gasteiger partial charge < -0.3 is 9.64 Å². The van der Waals surface area contributed by atoms with Crippen LogP contribution in [-0.2, 0) is 9.53 Å². The fraction of sp³-hybridized carbons (Fsp3) is 0.625. The number of aromatic nitrogens is 2. The minimum Gasteiger partial charge on any atom is -0.444 e. The Morgan fingerprint density at radius 3 is 2.46 bits per heavy atom. The topological polar surface area (TPSA) is 78.9 Å². The predicted molar refractivity (Wildman–Crippen MR) is 87.6 cm³/mol. The molecule has 2 saturated heterocycles. The molecule has 1 aromatic rings. The number of anilines is 1. The first-order valence-electron chi connectivity index (χ1n) is 8.13. The fourth-order valence-electron chi connectivity index (χ4n) is 2.81. The zero-order chi connectivity index (χ0) is 17.3. The number of piperazine rings is 1. The van der Waals surface area contributed by atoms with Crippen molar-refractivity contribution in [1.29, 1.82) is 0 Å². The third-order valence-corrected chi connectivity index (χ3v) is 4.07. The SMILES string of the molecule is CC(C)(C)OC(=O)N1CC(N2CCN(c3ncccn3)C(=O)C2)C1. The Balaban J connectivity index is 1.50. The largest absolute Gasteiger partial charge is 0.444 e. The van der Waals surface area contributed by atoms with Gasteiger partial charge in [0.1, 0.15) is 5.60 Å². The van der Waals surface area contributed by atoms with Crippen LogP contribution in [0.15, 0.2) is 18.5 Å². The summed E-state index contributed by atoms with van der Waals surface area (Å²) in [5, 5.41) is 0. The predicted octanol–water partition coefficient (Wildman–Crippen LogP) is 0.744. The molecule has 0 radical (unpaired) electrons. The third-order valence-electron chi connectivity index (χ3n) is 4.07. The maximum Gasteiger partial charge on any atom is 0.410 e. The van der Waals surface area contributed by atoms with Gasteiger partial charge in [0.05, 0.1) is 6.54 Å². The zero-order valence-electron chi connectivity index (χ0n) is 14.3.